The van der Waals surface area contributed by atoms with Crippen molar-refractivity contribution in [2.24, 2.45) is 11.3 Å². The standard InChI is InChI=1S/C30H28FNO/c1-30-19-9-8-14-26(30)28(32(29(30)33)21-23-12-6-3-7-13-23)25-17-18-27(31)24(20-25)16-15-22-10-4-2-5-11-22/h2-8,10-18,20,26,28H,9,19,21H2,1H3/t26?,28?,30-/m1/s1. The maximum absolute atomic E-state index is 14.7. The highest BCUT2D eigenvalue weighted by Gasteiger charge is 2.55. The van der Waals surface area contributed by atoms with E-state index in [9.17, 15) is 9.18 Å². The number of nitrogens with zero attached hydrogens (tertiary/aromatic N) is 1. The van der Waals surface area contributed by atoms with Gasteiger partial charge in [0.1, 0.15) is 5.82 Å². The molecule has 1 heterocycles. The van der Waals surface area contributed by atoms with Crippen LogP contribution in [0.3, 0.4) is 0 Å². The number of rotatable bonds is 5. The van der Waals surface area contributed by atoms with E-state index in [1.54, 1.807) is 0 Å². The molecule has 2 nitrogen and oxygen atoms in total. The van der Waals surface area contributed by atoms with Gasteiger partial charge in [0.25, 0.3) is 0 Å². The van der Waals surface area contributed by atoms with Crippen molar-refractivity contribution in [3.05, 3.63) is 119 Å². The van der Waals surface area contributed by atoms with E-state index in [0.717, 1.165) is 29.5 Å². The van der Waals surface area contributed by atoms with Gasteiger partial charge < -0.3 is 4.90 Å². The molecule has 3 aromatic rings. The Hall–Kier alpha value is -3.46. The third-order valence-electron chi connectivity index (χ3n) is 7.15. The fourth-order valence-electron chi connectivity index (χ4n) is 5.32. The molecule has 0 aromatic heterocycles. The fraction of sp³-hybridized carbons (Fsp3) is 0.233. The molecule has 0 saturated carbocycles. The first-order valence-electron chi connectivity index (χ1n) is 11.6. The van der Waals surface area contributed by atoms with Gasteiger partial charge in [-0.15, -0.1) is 0 Å². The van der Waals surface area contributed by atoms with E-state index >= 15 is 0 Å². The third kappa shape index (κ3) is 4.04. The van der Waals surface area contributed by atoms with Gasteiger partial charge in [0.2, 0.25) is 5.91 Å². The minimum Gasteiger partial charge on any atom is -0.330 e. The summed E-state index contributed by atoms with van der Waals surface area (Å²) in [4.78, 5) is 15.7. The van der Waals surface area contributed by atoms with Crippen LogP contribution in [0, 0.1) is 17.2 Å². The van der Waals surface area contributed by atoms with Crippen LogP contribution in [-0.4, -0.2) is 10.8 Å². The molecule has 0 bridgehead atoms. The van der Waals surface area contributed by atoms with E-state index in [2.05, 4.69) is 31.2 Å². The highest BCUT2D eigenvalue weighted by molar-refractivity contribution is 5.87. The second-order valence-corrected chi connectivity index (χ2v) is 9.30. The predicted molar refractivity (Wildman–Crippen MR) is 131 cm³/mol. The lowest BCUT2D eigenvalue weighted by molar-refractivity contribution is -0.137. The molecule has 0 spiro atoms. The van der Waals surface area contributed by atoms with Crippen LogP contribution in [0.5, 0.6) is 0 Å². The number of likely N-dealkylation sites (tertiary alicyclic amines) is 1. The normalized spacial score (nSPS) is 24.4. The Morgan fingerprint density at radius 1 is 1.00 bits per heavy atom. The van der Waals surface area contributed by atoms with Crippen molar-refractivity contribution in [1.82, 2.24) is 4.90 Å². The molecule has 2 unspecified atom stereocenters. The Labute approximate surface area is 195 Å². The molecule has 1 fully saturated rings. The van der Waals surface area contributed by atoms with E-state index in [4.69, 9.17) is 0 Å². The summed E-state index contributed by atoms with van der Waals surface area (Å²) in [5.74, 6) is 0.00194. The van der Waals surface area contributed by atoms with Gasteiger partial charge in [0, 0.05) is 18.0 Å². The maximum atomic E-state index is 14.7. The van der Waals surface area contributed by atoms with Crippen molar-refractivity contribution >= 4 is 18.1 Å². The molecule has 5 rings (SSSR count). The zero-order valence-electron chi connectivity index (χ0n) is 18.8. The summed E-state index contributed by atoms with van der Waals surface area (Å²) in [6.07, 6.45) is 9.91. The van der Waals surface area contributed by atoms with E-state index in [0.29, 0.717) is 12.1 Å². The summed E-state index contributed by atoms with van der Waals surface area (Å²) in [5, 5.41) is 0. The van der Waals surface area contributed by atoms with E-state index in [1.165, 1.54) is 6.07 Å². The minimum absolute atomic E-state index is 0.0684. The molecule has 0 N–H and O–H groups in total. The number of fused-ring (bicyclic) bond motifs is 1. The predicted octanol–water partition coefficient (Wildman–Crippen LogP) is 7.05. The van der Waals surface area contributed by atoms with E-state index in [-0.39, 0.29) is 23.7 Å². The smallest absolute Gasteiger partial charge is 0.230 e. The molecule has 3 aromatic carbocycles. The van der Waals surface area contributed by atoms with Crippen LogP contribution in [0.1, 0.15) is 48.1 Å². The van der Waals surface area contributed by atoms with Gasteiger partial charge in [0.15, 0.2) is 0 Å². The summed E-state index contributed by atoms with van der Waals surface area (Å²) in [6, 6.07) is 25.2. The van der Waals surface area contributed by atoms with Crippen LogP contribution in [0.4, 0.5) is 4.39 Å². The number of benzene rings is 3. The van der Waals surface area contributed by atoms with Crippen molar-refractivity contribution in [2.75, 3.05) is 0 Å². The quantitative estimate of drug-likeness (QED) is 0.309. The van der Waals surface area contributed by atoms with E-state index < -0.39 is 5.41 Å². The number of halogens is 1. The topological polar surface area (TPSA) is 20.3 Å². The molecule has 33 heavy (non-hydrogen) atoms. The van der Waals surface area contributed by atoms with Crippen molar-refractivity contribution in [3.8, 4) is 0 Å². The van der Waals surface area contributed by atoms with Crippen molar-refractivity contribution in [3.63, 3.8) is 0 Å². The van der Waals surface area contributed by atoms with Crippen LogP contribution in [0.25, 0.3) is 12.2 Å². The van der Waals surface area contributed by atoms with Crippen LogP contribution in [0.15, 0.2) is 91.0 Å². The lowest BCUT2D eigenvalue weighted by Gasteiger charge is -2.32. The Morgan fingerprint density at radius 3 is 2.48 bits per heavy atom. The van der Waals surface area contributed by atoms with Gasteiger partial charge in [-0.2, -0.15) is 0 Å². The average Bonchev–Trinajstić information content (AvgIpc) is 3.07. The van der Waals surface area contributed by atoms with Crippen LogP contribution in [-0.2, 0) is 11.3 Å². The lowest BCUT2D eigenvalue weighted by Crippen LogP contribution is -2.34. The first kappa shape index (κ1) is 21.4. The van der Waals surface area contributed by atoms with Crippen molar-refractivity contribution in [1.29, 1.82) is 0 Å². The second-order valence-electron chi connectivity index (χ2n) is 9.30. The van der Waals surface area contributed by atoms with Gasteiger partial charge in [0.05, 0.1) is 11.5 Å². The number of hydrogen-bond donors (Lipinski definition) is 0. The largest absolute Gasteiger partial charge is 0.330 e. The molecule has 1 aliphatic carbocycles. The summed E-state index contributed by atoms with van der Waals surface area (Å²) < 4.78 is 14.7. The highest BCUT2D eigenvalue weighted by Crippen LogP contribution is 2.54. The Balaban J connectivity index is 1.54. The second kappa shape index (κ2) is 8.82. The highest BCUT2D eigenvalue weighted by atomic mass is 19.1. The van der Waals surface area contributed by atoms with Gasteiger partial charge in [-0.1, -0.05) is 98.0 Å². The number of carbonyl (C=O) groups is 1. The van der Waals surface area contributed by atoms with Crippen LogP contribution >= 0.6 is 0 Å². The number of hydrogen-bond acceptors (Lipinski definition) is 1. The average molecular weight is 438 g/mol. The minimum atomic E-state index is -0.428. The summed E-state index contributed by atoms with van der Waals surface area (Å²) in [7, 11) is 0. The third-order valence-corrected chi connectivity index (χ3v) is 7.15. The lowest BCUT2D eigenvalue weighted by atomic mass is 9.69. The van der Waals surface area contributed by atoms with Gasteiger partial charge in [-0.3, -0.25) is 4.79 Å². The zero-order valence-corrected chi connectivity index (χ0v) is 18.8. The zero-order chi connectivity index (χ0) is 22.8. The summed E-state index contributed by atoms with van der Waals surface area (Å²) in [5.41, 5.74) is 3.22. The molecular formula is C30H28FNO. The molecule has 1 amide bonds. The molecule has 3 heteroatoms. The first-order valence-corrected chi connectivity index (χ1v) is 11.6. The van der Waals surface area contributed by atoms with Crippen LogP contribution in [0.2, 0.25) is 0 Å². The van der Waals surface area contributed by atoms with E-state index in [1.807, 2.05) is 77.7 Å². The molecular weight excluding hydrogens is 409 g/mol. The van der Waals surface area contributed by atoms with Crippen molar-refractivity contribution in [2.45, 2.75) is 32.4 Å². The summed E-state index contributed by atoms with van der Waals surface area (Å²) in [6.45, 7) is 2.65. The molecule has 166 valence electrons. The Bertz CT molecular complexity index is 1200. The van der Waals surface area contributed by atoms with Gasteiger partial charge in [-0.05, 0) is 41.7 Å². The molecule has 0 radical (unpaired) electrons. The monoisotopic (exact) mass is 437 g/mol. The fourth-order valence-corrected chi connectivity index (χ4v) is 5.32. The SMILES string of the molecule is C[C@@]12CCC=CC1C(c1ccc(F)c(C=Cc3ccccc3)c1)N(Cc1ccccc1)C2=O. The Morgan fingerprint density at radius 2 is 1.73 bits per heavy atom. The number of carbonyl (C=O) groups excluding carboxylic acids is 1. The molecule has 2 aliphatic rings. The first-order chi connectivity index (χ1) is 16.1. The van der Waals surface area contributed by atoms with Gasteiger partial charge >= 0.3 is 0 Å². The van der Waals surface area contributed by atoms with Gasteiger partial charge in [-0.25, -0.2) is 4.39 Å². The Kier molecular flexibility index (Phi) is 5.72. The molecule has 1 saturated heterocycles. The number of amides is 1. The molecule has 3 atom stereocenters. The molecule has 1 aliphatic heterocycles. The summed E-state index contributed by atoms with van der Waals surface area (Å²) >= 11 is 0. The number of allylic oxidation sites excluding steroid dienone is 1. The van der Waals surface area contributed by atoms with Crippen LogP contribution < -0.4 is 0 Å². The maximum Gasteiger partial charge on any atom is 0.230 e. The van der Waals surface area contributed by atoms with Crippen molar-refractivity contribution < 1.29 is 9.18 Å².